The molecule has 19 heavy (non-hydrogen) atoms. The Balaban J connectivity index is 2.35. The Bertz CT molecular complexity index is 432. The van der Waals surface area contributed by atoms with E-state index < -0.39 is 0 Å². The van der Waals surface area contributed by atoms with E-state index in [9.17, 15) is 4.39 Å². The SMILES string of the molecule is CCNC(c1cc(OC)c(OC)cc1F)C1CCC1. The fourth-order valence-corrected chi connectivity index (χ4v) is 2.63. The Kier molecular flexibility index (Phi) is 4.64. The molecule has 0 spiro atoms. The van der Waals surface area contributed by atoms with Gasteiger partial charge in [0.15, 0.2) is 11.5 Å². The van der Waals surface area contributed by atoms with Crippen LogP contribution in [-0.4, -0.2) is 20.8 Å². The molecule has 1 unspecified atom stereocenters. The summed E-state index contributed by atoms with van der Waals surface area (Å²) in [4.78, 5) is 0. The largest absolute Gasteiger partial charge is 0.493 e. The molecule has 1 aromatic carbocycles. The summed E-state index contributed by atoms with van der Waals surface area (Å²) < 4.78 is 24.7. The maximum absolute atomic E-state index is 14.3. The van der Waals surface area contributed by atoms with E-state index in [1.165, 1.54) is 19.6 Å². The molecule has 1 N–H and O–H groups in total. The summed E-state index contributed by atoms with van der Waals surface area (Å²) in [5.74, 6) is 1.32. The summed E-state index contributed by atoms with van der Waals surface area (Å²) in [6, 6.07) is 3.25. The van der Waals surface area contributed by atoms with Crippen LogP contribution in [0.5, 0.6) is 11.5 Å². The van der Waals surface area contributed by atoms with Crippen molar-refractivity contribution in [1.82, 2.24) is 5.32 Å². The molecule has 1 atom stereocenters. The van der Waals surface area contributed by atoms with Crippen molar-refractivity contribution >= 4 is 0 Å². The van der Waals surface area contributed by atoms with Crippen LogP contribution >= 0.6 is 0 Å². The van der Waals surface area contributed by atoms with Gasteiger partial charge in [-0.3, -0.25) is 0 Å². The van der Waals surface area contributed by atoms with Gasteiger partial charge in [-0.15, -0.1) is 0 Å². The molecule has 0 saturated heterocycles. The van der Waals surface area contributed by atoms with Gasteiger partial charge in [-0.1, -0.05) is 13.3 Å². The highest BCUT2D eigenvalue weighted by Crippen LogP contribution is 2.41. The van der Waals surface area contributed by atoms with Crippen LogP contribution in [-0.2, 0) is 0 Å². The fraction of sp³-hybridized carbons (Fsp3) is 0.600. The van der Waals surface area contributed by atoms with Crippen molar-refractivity contribution in [2.24, 2.45) is 5.92 Å². The van der Waals surface area contributed by atoms with Crippen molar-refractivity contribution in [2.45, 2.75) is 32.2 Å². The Hall–Kier alpha value is -1.29. The number of hydrogen-bond donors (Lipinski definition) is 1. The molecule has 1 aliphatic carbocycles. The average molecular weight is 267 g/mol. The quantitative estimate of drug-likeness (QED) is 0.858. The van der Waals surface area contributed by atoms with Crippen LogP contribution in [0.2, 0.25) is 0 Å². The number of halogens is 1. The van der Waals surface area contributed by atoms with Crippen molar-refractivity contribution in [1.29, 1.82) is 0 Å². The number of hydrogen-bond acceptors (Lipinski definition) is 3. The molecular weight excluding hydrogens is 245 g/mol. The van der Waals surface area contributed by atoms with Crippen LogP contribution in [0.25, 0.3) is 0 Å². The van der Waals surface area contributed by atoms with E-state index in [1.54, 1.807) is 13.2 Å². The van der Waals surface area contributed by atoms with Crippen molar-refractivity contribution in [2.75, 3.05) is 20.8 Å². The molecule has 0 aromatic heterocycles. The molecule has 1 aliphatic rings. The molecule has 0 radical (unpaired) electrons. The van der Waals surface area contributed by atoms with Crippen molar-refractivity contribution in [3.8, 4) is 11.5 Å². The maximum atomic E-state index is 14.3. The van der Waals surface area contributed by atoms with E-state index in [4.69, 9.17) is 9.47 Å². The van der Waals surface area contributed by atoms with Crippen molar-refractivity contribution < 1.29 is 13.9 Å². The summed E-state index contributed by atoms with van der Waals surface area (Å²) in [7, 11) is 3.09. The van der Waals surface area contributed by atoms with Crippen LogP contribution in [0.3, 0.4) is 0 Å². The second-order valence-corrected chi connectivity index (χ2v) is 4.96. The van der Waals surface area contributed by atoms with Gasteiger partial charge in [-0.05, 0) is 31.4 Å². The minimum absolute atomic E-state index is 0.0681. The average Bonchev–Trinajstić information content (AvgIpc) is 2.36. The van der Waals surface area contributed by atoms with Gasteiger partial charge >= 0.3 is 0 Å². The van der Waals surface area contributed by atoms with Crippen LogP contribution < -0.4 is 14.8 Å². The lowest BCUT2D eigenvalue weighted by molar-refractivity contribution is 0.228. The standard InChI is InChI=1S/C15H22FNO2/c1-4-17-15(10-6-5-7-10)11-8-13(18-2)14(19-3)9-12(11)16/h8-10,15,17H,4-7H2,1-3H3. The van der Waals surface area contributed by atoms with Gasteiger partial charge in [0.1, 0.15) is 5.82 Å². The first kappa shape index (κ1) is 14.1. The van der Waals surface area contributed by atoms with Crippen molar-refractivity contribution in [3.63, 3.8) is 0 Å². The molecule has 0 aliphatic heterocycles. The maximum Gasteiger partial charge on any atom is 0.163 e. The van der Waals surface area contributed by atoms with E-state index in [-0.39, 0.29) is 11.9 Å². The van der Waals surface area contributed by atoms with Gasteiger partial charge in [0.05, 0.1) is 14.2 Å². The van der Waals surface area contributed by atoms with E-state index >= 15 is 0 Å². The Morgan fingerprint density at radius 2 is 1.89 bits per heavy atom. The highest BCUT2D eigenvalue weighted by molar-refractivity contribution is 5.45. The first-order valence-corrected chi connectivity index (χ1v) is 6.86. The molecule has 1 fully saturated rings. The summed E-state index contributed by atoms with van der Waals surface area (Å²) in [5.41, 5.74) is 0.684. The van der Waals surface area contributed by atoms with Crippen LogP contribution in [0.1, 0.15) is 37.8 Å². The molecule has 0 amide bonds. The monoisotopic (exact) mass is 267 g/mol. The first-order valence-electron chi connectivity index (χ1n) is 6.86. The number of rotatable bonds is 6. The second-order valence-electron chi connectivity index (χ2n) is 4.96. The summed E-state index contributed by atoms with van der Waals surface area (Å²) in [6.45, 7) is 2.87. The zero-order chi connectivity index (χ0) is 13.8. The lowest BCUT2D eigenvalue weighted by Crippen LogP contribution is -2.32. The molecule has 0 bridgehead atoms. The molecule has 1 saturated carbocycles. The van der Waals surface area contributed by atoms with Crippen LogP contribution in [0.4, 0.5) is 4.39 Å². The van der Waals surface area contributed by atoms with E-state index in [0.29, 0.717) is 23.0 Å². The minimum atomic E-state index is -0.226. The molecule has 1 aromatic rings. The van der Waals surface area contributed by atoms with Gasteiger partial charge in [-0.25, -0.2) is 4.39 Å². The highest BCUT2D eigenvalue weighted by atomic mass is 19.1. The lowest BCUT2D eigenvalue weighted by atomic mass is 9.77. The first-order chi connectivity index (χ1) is 9.21. The predicted molar refractivity (Wildman–Crippen MR) is 73.3 cm³/mol. The number of ether oxygens (including phenoxy) is 2. The topological polar surface area (TPSA) is 30.5 Å². The molecule has 106 valence electrons. The fourth-order valence-electron chi connectivity index (χ4n) is 2.63. The third kappa shape index (κ3) is 2.84. The summed E-state index contributed by atoms with van der Waals surface area (Å²) in [6.07, 6.45) is 3.55. The van der Waals surface area contributed by atoms with Gasteiger partial charge < -0.3 is 14.8 Å². The van der Waals surface area contributed by atoms with Gasteiger partial charge in [0.25, 0.3) is 0 Å². The number of nitrogens with one attached hydrogen (secondary N) is 1. The summed E-state index contributed by atoms with van der Waals surface area (Å²) >= 11 is 0. The molecule has 2 rings (SSSR count). The van der Waals surface area contributed by atoms with Crippen molar-refractivity contribution in [3.05, 3.63) is 23.5 Å². The van der Waals surface area contributed by atoms with E-state index in [2.05, 4.69) is 5.32 Å². The third-order valence-corrected chi connectivity index (χ3v) is 3.88. The van der Waals surface area contributed by atoms with E-state index in [0.717, 1.165) is 19.4 Å². The summed E-state index contributed by atoms with van der Waals surface area (Å²) in [5, 5.41) is 3.39. The molecular formula is C15H22FNO2. The minimum Gasteiger partial charge on any atom is -0.493 e. The Morgan fingerprint density at radius 1 is 1.26 bits per heavy atom. The number of methoxy groups -OCH3 is 2. The zero-order valence-electron chi connectivity index (χ0n) is 11.8. The normalized spacial score (nSPS) is 16.8. The lowest BCUT2D eigenvalue weighted by Gasteiger charge is -2.35. The molecule has 4 heteroatoms. The highest BCUT2D eigenvalue weighted by Gasteiger charge is 2.30. The number of benzene rings is 1. The smallest absolute Gasteiger partial charge is 0.163 e. The van der Waals surface area contributed by atoms with Gasteiger partial charge in [-0.2, -0.15) is 0 Å². The van der Waals surface area contributed by atoms with E-state index in [1.807, 2.05) is 6.92 Å². The van der Waals surface area contributed by atoms with Gasteiger partial charge in [0, 0.05) is 17.7 Å². The van der Waals surface area contributed by atoms with Crippen LogP contribution in [0, 0.1) is 11.7 Å². The van der Waals surface area contributed by atoms with Gasteiger partial charge in [0.2, 0.25) is 0 Å². The Labute approximate surface area is 114 Å². The third-order valence-electron chi connectivity index (χ3n) is 3.88. The molecule has 3 nitrogen and oxygen atoms in total. The second kappa shape index (κ2) is 6.24. The Morgan fingerprint density at radius 3 is 2.37 bits per heavy atom. The molecule has 0 heterocycles. The predicted octanol–water partition coefficient (Wildman–Crippen LogP) is 3.29. The zero-order valence-corrected chi connectivity index (χ0v) is 11.8. The van der Waals surface area contributed by atoms with Crippen LogP contribution in [0.15, 0.2) is 12.1 Å².